The Labute approximate surface area is 151 Å². The topological polar surface area (TPSA) is 55.9 Å². The number of rotatable bonds is 5. The van der Waals surface area contributed by atoms with Crippen LogP contribution in [-0.4, -0.2) is 83.9 Å². The second kappa shape index (κ2) is 8.63. The highest BCUT2D eigenvalue weighted by molar-refractivity contribution is 5.88. The molecule has 0 saturated carbocycles. The maximum atomic E-state index is 12.4. The normalized spacial score (nSPS) is 28.1. The van der Waals surface area contributed by atoms with Crippen molar-refractivity contribution in [2.45, 2.75) is 50.9 Å². The molecule has 0 radical (unpaired) electrons. The molecule has 2 aliphatic heterocycles. The SMILES string of the molecule is C=CC(=O)N1CCC(NC(C)C)CC1C1CN(C)CCN1C(=O)C=C. The Bertz CT molecular complexity index is 520. The fourth-order valence-corrected chi connectivity index (χ4v) is 4.05. The number of carbonyl (C=O) groups is 2. The number of nitrogens with one attached hydrogen (secondary N) is 1. The zero-order valence-corrected chi connectivity index (χ0v) is 15.8. The van der Waals surface area contributed by atoms with Crippen molar-refractivity contribution < 1.29 is 9.59 Å². The Balaban J connectivity index is 2.27. The van der Waals surface area contributed by atoms with Crippen LogP contribution in [0.4, 0.5) is 0 Å². The molecule has 2 saturated heterocycles. The quantitative estimate of drug-likeness (QED) is 0.749. The zero-order valence-electron chi connectivity index (χ0n) is 15.8. The zero-order chi connectivity index (χ0) is 18.6. The number of carbonyl (C=O) groups excluding carboxylic acids is 2. The molecule has 140 valence electrons. The van der Waals surface area contributed by atoms with E-state index in [1.807, 2.05) is 9.80 Å². The van der Waals surface area contributed by atoms with E-state index in [1.165, 1.54) is 12.2 Å². The van der Waals surface area contributed by atoms with Crippen LogP contribution in [0.25, 0.3) is 0 Å². The minimum absolute atomic E-state index is 0.0119. The van der Waals surface area contributed by atoms with Crippen LogP contribution in [0.15, 0.2) is 25.3 Å². The van der Waals surface area contributed by atoms with Gasteiger partial charge in [-0.05, 0) is 32.0 Å². The molecule has 0 aromatic rings. The maximum Gasteiger partial charge on any atom is 0.246 e. The smallest absolute Gasteiger partial charge is 0.246 e. The number of piperazine rings is 1. The van der Waals surface area contributed by atoms with Gasteiger partial charge in [-0.15, -0.1) is 0 Å². The molecule has 2 rings (SSSR count). The second-order valence-electron chi connectivity index (χ2n) is 7.41. The molecule has 1 N–H and O–H groups in total. The van der Waals surface area contributed by atoms with E-state index in [0.29, 0.717) is 25.2 Å². The number of likely N-dealkylation sites (N-methyl/N-ethyl adjacent to an activating group) is 1. The summed E-state index contributed by atoms with van der Waals surface area (Å²) in [4.78, 5) is 30.8. The van der Waals surface area contributed by atoms with Crippen LogP contribution in [0.1, 0.15) is 26.7 Å². The van der Waals surface area contributed by atoms with Crippen LogP contribution in [0, 0.1) is 0 Å². The summed E-state index contributed by atoms with van der Waals surface area (Å²) >= 11 is 0. The van der Waals surface area contributed by atoms with Crippen LogP contribution in [0.3, 0.4) is 0 Å². The molecule has 0 aromatic carbocycles. The van der Waals surface area contributed by atoms with E-state index in [4.69, 9.17) is 0 Å². The first-order valence-electron chi connectivity index (χ1n) is 9.18. The molecule has 2 heterocycles. The van der Waals surface area contributed by atoms with Gasteiger partial charge in [0.1, 0.15) is 0 Å². The summed E-state index contributed by atoms with van der Waals surface area (Å²) in [6.45, 7) is 14.5. The van der Waals surface area contributed by atoms with Crippen LogP contribution in [0.2, 0.25) is 0 Å². The van der Waals surface area contributed by atoms with E-state index >= 15 is 0 Å². The van der Waals surface area contributed by atoms with E-state index in [2.05, 4.69) is 44.3 Å². The van der Waals surface area contributed by atoms with Gasteiger partial charge in [-0.2, -0.15) is 0 Å². The van der Waals surface area contributed by atoms with Crippen LogP contribution >= 0.6 is 0 Å². The Morgan fingerprint density at radius 3 is 2.20 bits per heavy atom. The average molecular weight is 348 g/mol. The predicted molar refractivity (Wildman–Crippen MR) is 100 cm³/mol. The molecule has 0 spiro atoms. The molecule has 2 fully saturated rings. The molecule has 3 atom stereocenters. The fourth-order valence-electron chi connectivity index (χ4n) is 4.05. The summed E-state index contributed by atoms with van der Waals surface area (Å²) < 4.78 is 0. The summed E-state index contributed by atoms with van der Waals surface area (Å²) in [7, 11) is 2.06. The summed E-state index contributed by atoms with van der Waals surface area (Å²) in [6.07, 6.45) is 4.53. The van der Waals surface area contributed by atoms with Gasteiger partial charge in [0.05, 0.1) is 12.1 Å². The number of piperidine rings is 1. The monoisotopic (exact) mass is 348 g/mol. The predicted octanol–water partition coefficient (Wildman–Crippen LogP) is 0.859. The van der Waals surface area contributed by atoms with Crippen molar-refractivity contribution in [2.75, 3.05) is 33.2 Å². The Kier molecular flexibility index (Phi) is 6.79. The van der Waals surface area contributed by atoms with E-state index in [1.54, 1.807) is 0 Å². The van der Waals surface area contributed by atoms with Gasteiger partial charge in [-0.1, -0.05) is 27.0 Å². The third kappa shape index (κ3) is 4.70. The summed E-state index contributed by atoms with van der Waals surface area (Å²) in [5.41, 5.74) is 0. The second-order valence-corrected chi connectivity index (χ2v) is 7.41. The fraction of sp³-hybridized carbons (Fsp3) is 0.684. The van der Waals surface area contributed by atoms with Crippen LogP contribution in [-0.2, 0) is 9.59 Å². The molecule has 0 bridgehead atoms. The highest BCUT2D eigenvalue weighted by atomic mass is 16.2. The van der Waals surface area contributed by atoms with Gasteiger partial charge in [0.25, 0.3) is 0 Å². The van der Waals surface area contributed by atoms with Gasteiger partial charge in [0, 0.05) is 38.3 Å². The third-order valence-corrected chi connectivity index (χ3v) is 5.20. The minimum Gasteiger partial charge on any atom is -0.334 e. The molecule has 0 aliphatic carbocycles. The minimum atomic E-state index is -0.0527. The highest BCUT2D eigenvalue weighted by Crippen LogP contribution is 2.26. The molecular formula is C19H32N4O2. The van der Waals surface area contributed by atoms with Crippen LogP contribution in [0.5, 0.6) is 0 Å². The molecule has 0 aromatic heterocycles. The lowest BCUT2D eigenvalue weighted by atomic mass is 9.89. The van der Waals surface area contributed by atoms with Crippen molar-refractivity contribution in [3.05, 3.63) is 25.3 Å². The van der Waals surface area contributed by atoms with E-state index in [-0.39, 0.29) is 23.9 Å². The lowest BCUT2D eigenvalue weighted by molar-refractivity contribution is -0.140. The third-order valence-electron chi connectivity index (χ3n) is 5.20. The first kappa shape index (κ1) is 19.7. The van der Waals surface area contributed by atoms with Crippen molar-refractivity contribution >= 4 is 11.8 Å². The molecular weight excluding hydrogens is 316 g/mol. The molecule has 6 heteroatoms. The van der Waals surface area contributed by atoms with Gasteiger partial charge < -0.3 is 20.0 Å². The van der Waals surface area contributed by atoms with Gasteiger partial charge in [-0.25, -0.2) is 0 Å². The molecule has 25 heavy (non-hydrogen) atoms. The van der Waals surface area contributed by atoms with Gasteiger partial charge in [0.2, 0.25) is 11.8 Å². The largest absolute Gasteiger partial charge is 0.334 e. The number of hydrogen-bond acceptors (Lipinski definition) is 4. The summed E-state index contributed by atoms with van der Waals surface area (Å²) in [6, 6.07) is 0.714. The van der Waals surface area contributed by atoms with Gasteiger partial charge >= 0.3 is 0 Å². The number of likely N-dealkylation sites (tertiary alicyclic amines) is 1. The van der Waals surface area contributed by atoms with Crippen molar-refractivity contribution in [2.24, 2.45) is 0 Å². The van der Waals surface area contributed by atoms with E-state index in [9.17, 15) is 9.59 Å². The van der Waals surface area contributed by atoms with Crippen molar-refractivity contribution in [3.8, 4) is 0 Å². The first-order chi connectivity index (χ1) is 11.9. The average Bonchev–Trinajstić information content (AvgIpc) is 2.59. The summed E-state index contributed by atoms with van der Waals surface area (Å²) in [5.74, 6) is -0.102. The number of hydrogen-bond donors (Lipinski definition) is 1. The molecule has 6 nitrogen and oxygen atoms in total. The van der Waals surface area contributed by atoms with Crippen molar-refractivity contribution in [1.29, 1.82) is 0 Å². The molecule has 2 amide bonds. The summed E-state index contributed by atoms with van der Waals surface area (Å²) in [5, 5.41) is 3.60. The van der Waals surface area contributed by atoms with Crippen molar-refractivity contribution in [1.82, 2.24) is 20.0 Å². The van der Waals surface area contributed by atoms with Gasteiger partial charge in [0.15, 0.2) is 0 Å². The first-order valence-corrected chi connectivity index (χ1v) is 9.18. The Hall–Kier alpha value is -1.66. The van der Waals surface area contributed by atoms with Crippen molar-refractivity contribution in [3.63, 3.8) is 0 Å². The van der Waals surface area contributed by atoms with Crippen LogP contribution < -0.4 is 5.32 Å². The Morgan fingerprint density at radius 1 is 1.04 bits per heavy atom. The number of nitrogens with zero attached hydrogens (tertiary/aromatic N) is 3. The molecule has 3 unspecified atom stereocenters. The van der Waals surface area contributed by atoms with E-state index < -0.39 is 0 Å². The van der Waals surface area contributed by atoms with Gasteiger partial charge in [-0.3, -0.25) is 9.59 Å². The maximum absolute atomic E-state index is 12.4. The highest BCUT2D eigenvalue weighted by Gasteiger charge is 2.41. The standard InChI is InChI=1S/C19H32N4O2/c1-6-18(24)22-9-8-15(20-14(3)4)12-16(22)17-13-21(5)10-11-23(17)19(25)7-2/h6-7,14-17,20H,1-2,8-13H2,3-5H3. The lowest BCUT2D eigenvalue weighted by Crippen LogP contribution is -2.65. The number of amides is 2. The van der Waals surface area contributed by atoms with E-state index in [0.717, 1.165) is 25.9 Å². The Morgan fingerprint density at radius 2 is 1.64 bits per heavy atom. The lowest BCUT2D eigenvalue weighted by Gasteiger charge is -2.50. The molecule has 2 aliphatic rings.